The van der Waals surface area contributed by atoms with Crippen LogP contribution in [0.1, 0.15) is 24.1 Å². The Kier molecular flexibility index (Phi) is 5.14. The predicted octanol–water partition coefficient (Wildman–Crippen LogP) is 5.26. The van der Waals surface area contributed by atoms with Crippen molar-refractivity contribution in [1.29, 1.82) is 0 Å². The van der Waals surface area contributed by atoms with Crippen molar-refractivity contribution in [3.63, 3.8) is 0 Å². The zero-order valence-corrected chi connectivity index (χ0v) is 12.6. The van der Waals surface area contributed by atoms with Crippen molar-refractivity contribution in [2.45, 2.75) is 19.5 Å². The number of rotatable bonds is 4. The molecule has 1 N–H and O–H groups in total. The molecule has 0 heterocycles. The molecule has 0 bridgehead atoms. The Bertz CT molecular complexity index is 662. The molecule has 0 radical (unpaired) electrons. The van der Waals surface area contributed by atoms with E-state index in [0.29, 0.717) is 16.1 Å². The maximum absolute atomic E-state index is 13.5. The van der Waals surface area contributed by atoms with E-state index < -0.39 is 23.5 Å². The van der Waals surface area contributed by atoms with E-state index >= 15 is 0 Å². The molecule has 6 heteroatoms. The van der Waals surface area contributed by atoms with Crippen LogP contribution in [0.5, 0.6) is 0 Å². The van der Waals surface area contributed by atoms with Crippen LogP contribution in [0, 0.1) is 17.5 Å². The minimum atomic E-state index is -0.647. The number of hydrogen-bond donors (Lipinski definition) is 1. The first-order chi connectivity index (χ1) is 9.90. The van der Waals surface area contributed by atoms with Gasteiger partial charge in [0.2, 0.25) is 0 Å². The minimum Gasteiger partial charge on any atom is -0.306 e. The molecule has 0 spiro atoms. The molecule has 0 fully saturated rings. The van der Waals surface area contributed by atoms with Gasteiger partial charge in [0.15, 0.2) is 0 Å². The highest BCUT2D eigenvalue weighted by Gasteiger charge is 2.17. The summed E-state index contributed by atoms with van der Waals surface area (Å²) in [5.41, 5.74) is 0.702. The average Bonchev–Trinajstić information content (AvgIpc) is 2.42. The zero-order valence-electron chi connectivity index (χ0n) is 11.1. The average molecular weight is 334 g/mol. The second-order valence-corrected chi connectivity index (χ2v) is 5.38. The van der Waals surface area contributed by atoms with E-state index in [1.165, 1.54) is 24.3 Å². The van der Waals surface area contributed by atoms with Crippen LogP contribution in [0.4, 0.5) is 13.2 Å². The van der Waals surface area contributed by atoms with Crippen LogP contribution in [-0.4, -0.2) is 0 Å². The van der Waals surface area contributed by atoms with Crippen molar-refractivity contribution in [2.75, 3.05) is 0 Å². The van der Waals surface area contributed by atoms with E-state index in [1.807, 2.05) is 0 Å². The van der Waals surface area contributed by atoms with E-state index in [4.69, 9.17) is 23.2 Å². The van der Waals surface area contributed by atoms with Gasteiger partial charge in [-0.1, -0.05) is 29.3 Å². The van der Waals surface area contributed by atoms with E-state index in [2.05, 4.69) is 5.32 Å². The van der Waals surface area contributed by atoms with Gasteiger partial charge in [-0.05, 0) is 25.1 Å². The molecule has 0 aromatic heterocycles. The Morgan fingerprint density at radius 1 is 1.05 bits per heavy atom. The highest BCUT2D eigenvalue weighted by molar-refractivity contribution is 6.36. The van der Waals surface area contributed by atoms with Crippen LogP contribution in [0.2, 0.25) is 10.0 Å². The van der Waals surface area contributed by atoms with Crippen LogP contribution < -0.4 is 5.32 Å². The Balaban J connectivity index is 2.15. The highest BCUT2D eigenvalue weighted by atomic mass is 35.5. The normalized spacial score (nSPS) is 12.5. The first-order valence-corrected chi connectivity index (χ1v) is 6.96. The fraction of sp³-hybridized carbons (Fsp3) is 0.200. The van der Waals surface area contributed by atoms with E-state index in [-0.39, 0.29) is 11.6 Å². The summed E-state index contributed by atoms with van der Waals surface area (Å²) in [6, 6.07) is 5.52. The molecule has 0 saturated carbocycles. The highest BCUT2D eigenvalue weighted by Crippen LogP contribution is 2.32. The van der Waals surface area contributed by atoms with Gasteiger partial charge in [-0.25, -0.2) is 13.2 Å². The van der Waals surface area contributed by atoms with E-state index in [9.17, 15) is 13.2 Å². The topological polar surface area (TPSA) is 12.0 Å². The van der Waals surface area contributed by atoms with E-state index in [1.54, 1.807) is 6.92 Å². The van der Waals surface area contributed by atoms with E-state index in [0.717, 1.165) is 6.07 Å². The van der Waals surface area contributed by atoms with Crippen molar-refractivity contribution >= 4 is 23.2 Å². The first kappa shape index (κ1) is 16.1. The molecule has 0 aliphatic rings. The number of halogens is 5. The van der Waals surface area contributed by atoms with Crippen LogP contribution in [-0.2, 0) is 6.54 Å². The molecular formula is C15H12Cl2F3N. The monoisotopic (exact) mass is 333 g/mol. The first-order valence-electron chi connectivity index (χ1n) is 6.21. The fourth-order valence-electron chi connectivity index (χ4n) is 1.97. The molecule has 1 unspecified atom stereocenters. The lowest BCUT2D eigenvalue weighted by molar-refractivity contribution is 0.531. The third-order valence-corrected chi connectivity index (χ3v) is 3.84. The summed E-state index contributed by atoms with van der Waals surface area (Å²) in [5, 5.41) is 3.24. The maximum Gasteiger partial charge on any atom is 0.142 e. The summed E-state index contributed by atoms with van der Waals surface area (Å²) in [7, 11) is 0. The van der Waals surface area contributed by atoms with Crippen LogP contribution >= 0.6 is 23.2 Å². The van der Waals surface area contributed by atoms with Crippen molar-refractivity contribution in [2.24, 2.45) is 0 Å². The molecule has 0 aliphatic carbocycles. The lowest BCUT2D eigenvalue weighted by Gasteiger charge is -2.18. The standard InChI is InChI=1S/C15H12Cl2F3N/c1-8(14-11(16)4-5-12(19)15(14)17)21-7-9-2-3-10(18)6-13(9)20/h2-6,8,21H,7H2,1H3. The number of hydrogen-bond acceptors (Lipinski definition) is 1. The lowest BCUT2D eigenvalue weighted by Crippen LogP contribution is -2.19. The predicted molar refractivity (Wildman–Crippen MR) is 78.0 cm³/mol. The zero-order chi connectivity index (χ0) is 15.6. The van der Waals surface area contributed by atoms with Crippen LogP contribution in [0.15, 0.2) is 30.3 Å². The van der Waals surface area contributed by atoms with Crippen LogP contribution in [0.3, 0.4) is 0 Å². The maximum atomic E-state index is 13.5. The van der Waals surface area contributed by atoms with Gasteiger partial charge in [-0.15, -0.1) is 0 Å². The third-order valence-electron chi connectivity index (χ3n) is 3.13. The molecule has 2 rings (SSSR count). The summed E-state index contributed by atoms with van der Waals surface area (Å²) in [6.07, 6.45) is 0. The van der Waals surface area contributed by atoms with Crippen molar-refractivity contribution < 1.29 is 13.2 Å². The Hall–Kier alpha value is -1.23. The fourth-order valence-corrected chi connectivity index (χ4v) is 2.67. The van der Waals surface area contributed by atoms with Gasteiger partial charge in [0, 0.05) is 34.8 Å². The minimum absolute atomic E-state index is 0.0675. The summed E-state index contributed by atoms with van der Waals surface area (Å²) < 4.78 is 39.8. The van der Waals surface area contributed by atoms with Gasteiger partial charge in [-0.2, -0.15) is 0 Å². The Labute approximate surface area is 130 Å². The second-order valence-electron chi connectivity index (χ2n) is 4.60. The molecule has 2 aromatic carbocycles. The number of nitrogens with one attached hydrogen (secondary N) is 1. The van der Waals surface area contributed by atoms with Gasteiger partial charge < -0.3 is 5.32 Å². The largest absolute Gasteiger partial charge is 0.306 e. The molecule has 1 nitrogen and oxygen atoms in total. The van der Waals surface area contributed by atoms with Gasteiger partial charge in [0.05, 0.1) is 5.02 Å². The Morgan fingerprint density at radius 2 is 1.76 bits per heavy atom. The molecule has 112 valence electrons. The Morgan fingerprint density at radius 3 is 2.43 bits per heavy atom. The summed E-state index contributed by atoms with van der Waals surface area (Å²) in [6.45, 7) is 1.87. The molecule has 2 aromatic rings. The molecule has 21 heavy (non-hydrogen) atoms. The van der Waals surface area contributed by atoms with Crippen molar-refractivity contribution in [3.05, 3.63) is 69.0 Å². The second kappa shape index (κ2) is 6.69. The van der Waals surface area contributed by atoms with Crippen molar-refractivity contribution in [3.8, 4) is 0 Å². The molecule has 0 amide bonds. The molecular weight excluding hydrogens is 322 g/mol. The third kappa shape index (κ3) is 3.70. The number of benzene rings is 2. The van der Waals surface area contributed by atoms with Gasteiger partial charge >= 0.3 is 0 Å². The molecule has 0 aliphatic heterocycles. The molecule has 1 atom stereocenters. The van der Waals surface area contributed by atoms with Crippen molar-refractivity contribution in [1.82, 2.24) is 5.32 Å². The van der Waals surface area contributed by atoms with Gasteiger partial charge in [0.25, 0.3) is 0 Å². The van der Waals surface area contributed by atoms with Crippen LogP contribution in [0.25, 0.3) is 0 Å². The SMILES string of the molecule is CC(NCc1ccc(F)cc1F)c1c(Cl)ccc(F)c1Cl. The quantitative estimate of drug-likeness (QED) is 0.752. The summed E-state index contributed by atoms with van der Waals surface area (Å²) >= 11 is 11.9. The smallest absolute Gasteiger partial charge is 0.142 e. The lowest BCUT2D eigenvalue weighted by atomic mass is 10.1. The summed E-state index contributed by atoms with van der Waals surface area (Å²) in [4.78, 5) is 0. The molecule has 0 saturated heterocycles. The summed E-state index contributed by atoms with van der Waals surface area (Å²) in [5.74, 6) is -1.86. The van der Waals surface area contributed by atoms with Gasteiger partial charge in [0.1, 0.15) is 17.5 Å². The van der Waals surface area contributed by atoms with Gasteiger partial charge in [-0.3, -0.25) is 0 Å².